The molecule has 3 heteroatoms. The molecular formula is C22H36N2Sn. The molecule has 0 unspecified atom stereocenters. The molecule has 0 fully saturated rings. The molecule has 2 aromatic rings. The van der Waals surface area contributed by atoms with Crippen molar-refractivity contribution in [3.05, 3.63) is 29.5 Å². The molecule has 2 rings (SSSR count). The van der Waals surface area contributed by atoms with Gasteiger partial charge in [-0.1, -0.05) is 0 Å². The van der Waals surface area contributed by atoms with Crippen LogP contribution in [0.5, 0.6) is 0 Å². The van der Waals surface area contributed by atoms with Crippen molar-refractivity contribution >= 4 is 33.1 Å². The minimum absolute atomic E-state index is 1.06. The predicted octanol–water partition coefficient (Wildman–Crippen LogP) is 6.30. The van der Waals surface area contributed by atoms with Gasteiger partial charge in [0.25, 0.3) is 0 Å². The summed E-state index contributed by atoms with van der Waals surface area (Å²) in [6.07, 6.45) is 10.2. The number of fused-ring (bicyclic) bond motifs is 1. The maximum absolute atomic E-state index is 5.24. The zero-order valence-electron chi connectivity index (χ0n) is 17.0. The number of hydrogen-bond acceptors (Lipinski definition) is 2. The zero-order chi connectivity index (χ0) is 18.3. The predicted molar refractivity (Wildman–Crippen MR) is 114 cm³/mol. The van der Waals surface area contributed by atoms with Crippen molar-refractivity contribution in [3.63, 3.8) is 0 Å². The van der Waals surface area contributed by atoms with Gasteiger partial charge in [-0.15, -0.1) is 0 Å². The van der Waals surface area contributed by atoms with Gasteiger partial charge in [-0.2, -0.15) is 0 Å². The van der Waals surface area contributed by atoms with Crippen molar-refractivity contribution in [3.8, 4) is 0 Å². The standard InChI is InChI=1S/C10H9N2.3C4H9.Sn/c1-7-5-9-10(6-8(7)2)12-4-3-11-9;3*1-3-4-2;/h3,5-6H,1-2H3;3*1,3-4H2,2H3;. The zero-order valence-corrected chi connectivity index (χ0v) is 19.8. The second kappa shape index (κ2) is 9.89. The van der Waals surface area contributed by atoms with Crippen LogP contribution in [-0.2, 0) is 0 Å². The molecule has 0 saturated heterocycles. The van der Waals surface area contributed by atoms with Crippen LogP contribution in [0.3, 0.4) is 0 Å². The SMILES string of the molecule is CCC[CH2][Sn]([CH2]CCC)([CH2]CCC)[c]1cnc2cc(C)c(C)cc2n1. The molecule has 0 N–H and O–H groups in total. The molecule has 0 bridgehead atoms. The van der Waals surface area contributed by atoms with Crippen LogP contribution in [0.4, 0.5) is 0 Å². The van der Waals surface area contributed by atoms with Crippen molar-refractivity contribution in [2.45, 2.75) is 86.5 Å². The van der Waals surface area contributed by atoms with Crippen molar-refractivity contribution in [2.75, 3.05) is 0 Å². The average Bonchev–Trinajstić information content (AvgIpc) is 2.62. The molecule has 0 saturated carbocycles. The summed E-state index contributed by atoms with van der Waals surface area (Å²) in [5.41, 5.74) is 4.82. The van der Waals surface area contributed by atoms with Crippen LogP contribution in [-0.4, -0.2) is 28.3 Å². The summed E-state index contributed by atoms with van der Waals surface area (Å²) in [4.78, 5) is 10.1. The monoisotopic (exact) mass is 448 g/mol. The van der Waals surface area contributed by atoms with Gasteiger partial charge in [-0.25, -0.2) is 0 Å². The van der Waals surface area contributed by atoms with Crippen molar-refractivity contribution in [1.29, 1.82) is 0 Å². The van der Waals surface area contributed by atoms with E-state index >= 15 is 0 Å². The van der Waals surface area contributed by atoms with E-state index in [-0.39, 0.29) is 0 Å². The average molecular weight is 447 g/mol. The normalized spacial score (nSPS) is 12.0. The Morgan fingerprint density at radius 2 is 1.24 bits per heavy atom. The number of benzene rings is 1. The molecule has 2 nitrogen and oxygen atoms in total. The van der Waals surface area contributed by atoms with Gasteiger partial charge in [0.1, 0.15) is 0 Å². The minimum atomic E-state index is -2.46. The van der Waals surface area contributed by atoms with E-state index in [4.69, 9.17) is 9.97 Å². The van der Waals surface area contributed by atoms with Gasteiger partial charge < -0.3 is 0 Å². The Morgan fingerprint density at radius 3 is 1.72 bits per heavy atom. The van der Waals surface area contributed by atoms with Crippen LogP contribution in [0.2, 0.25) is 13.3 Å². The number of aromatic nitrogens is 2. The van der Waals surface area contributed by atoms with Gasteiger partial charge in [0.2, 0.25) is 0 Å². The number of rotatable bonds is 10. The molecule has 0 aliphatic carbocycles. The van der Waals surface area contributed by atoms with E-state index in [1.807, 2.05) is 0 Å². The molecule has 0 aliphatic heterocycles. The van der Waals surface area contributed by atoms with Crippen LogP contribution < -0.4 is 3.71 Å². The molecule has 0 radical (unpaired) electrons. The number of aryl methyl sites for hydroxylation is 2. The summed E-state index contributed by atoms with van der Waals surface area (Å²) in [7, 11) is 0. The first-order valence-electron chi connectivity index (χ1n) is 10.3. The number of nitrogens with zero attached hydrogens (tertiary/aromatic N) is 2. The molecule has 25 heavy (non-hydrogen) atoms. The van der Waals surface area contributed by atoms with Gasteiger partial charge in [0.15, 0.2) is 0 Å². The fourth-order valence-electron chi connectivity index (χ4n) is 3.83. The second-order valence-electron chi connectivity index (χ2n) is 7.77. The van der Waals surface area contributed by atoms with E-state index in [0.29, 0.717) is 0 Å². The molecule has 0 amide bonds. The van der Waals surface area contributed by atoms with Gasteiger partial charge >= 0.3 is 159 Å². The van der Waals surface area contributed by atoms with E-state index in [9.17, 15) is 0 Å². The van der Waals surface area contributed by atoms with Crippen LogP contribution in [0.25, 0.3) is 11.0 Å². The van der Waals surface area contributed by atoms with E-state index in [1.165, 1.54) is 66.7 Å². The Morgan fingerprint density at radius 1 is 0.760 bits per heavy atom. The summed E-state index contributed by atoms with van der Waals surface area (Å²) in [6.45, 7) is 11.3. The number of unbranched alkanes of at least 4 members (excludes halogenated alkanes) is 3. The maximum atomic E-state index is 5.24. The summed E-state index contributed by atoms with van der Waals surface area (Å²) in [6, 6.07) is 4.44. The van der Waals surface area contributed by atoms with Crippen LogP contribution in [0.1, 0.15) is 70.4 Å². The molecule has 0 aliphatic rings. The van der Waals surface area contributed by atoms with Crippen LogP contribution in [0.15, 0.2) is 18.3 Å². The fraction of sp³-hybridized carbons (Fsp3) is 0.636. The summed E-state index contributed by atoms with van der Waals surface area (Å²) >= 11 is -2.46. The fourth-order valence-corrected chi connectivity index (χ4v) is 19.0. The van der Waals surface area contributed by atoms with E-state index in [1.54, 1.807) is 0 Å². The Bertz CT molecular complexity index is 659. The van der Waals surface area contributed by atoms with Gasteiger partial charge in [0.05, 0.1) is 0 Å². The third kappa shape index (κ3) is 5.18. The second-order valence-corrected chi connectivity index (χ2v) is 20.8. The van der Waals surface area contributed by atoms with Crippen molar-refractivity contribution < 1.29 is 0 Å². The molecule has 0 spiro atoms. The topological polar surface area (TPSA) is 25.8 Å². The Kier molecular flexibility index (Phi) is 8.18. The molecule has 1 aromatic carbocycles. The summed E-state index contributed by atoms with van der Waals surface area (Å²) in [5, 5.41) is 0. The van der Waals surface area contributed by atoms with E-state index in [2.05, 4.69) is 52.9 Å². The Hall–Kier alpha value is -0.641. The van der Waals surface area contributed by atoms with Gasteiger partial charge in [-0.05, 0) is 0 Å². The Balaban J connectivity index is 2.49. The number of hydrogen-bond donors (Lipinski definition) is 0. The first kappa shape index (κ1) is 20.7. The molecular weight excluding hydrogens is 411 g/mol. The third-order valence-electron chi connectivity index (χ3n) is 5.73. The first-order valence-corrected chi connectivity index (χ1v) is 17.8. The summed E-state index contributed by atoms with van der Waals surface area (Å²) in [5.74, 6) is 0. The van der Waals surface area contributed by atoms with Gasteiger partial charge in [0, 0.05) is 0 Å². The quantitative estimate of drug-likeness (QED) is 0.400. The molecule has 138 valence electrons. The van der Waals surface area contributed by atoms with Crippen molar-refractivity contribution in [2.24, 2.45) is 0 Å². The Labute approximate surface area is 158 Å². The third-order valence-corrected chi connectivity index (χ3v) is 20.7. The van der Waals surface area contributed by atoms with Crippen LogP contribution in [0, 0.1) is 13.8 Å². The first-order chi connectivity index (χ1) is 12.1. The van der Waals surface area contributed by atoms with E-state index in [0.717, 1.165) is 11.0 Å². The molecule has 1 heterocycles. The van der Waals surface area contributed by atoms with Crippen molar-refractivity contribution in [1.82, 2.24) is 9.97 Å². The molecule has 0 atom stereocenters. The molecule has 1 aromatic heterocycles. The van der Waals surface area contributed by atoms with Gasteiger partial charge in [-0.3, -0.25) is 0 Å². The van der Waals surface area contributed by atoms with Crippen LogP contribution >= 0.6 is 0 Å². The summed E-state index contributed by atoms with van der Waals surface area (Å²) < 4.78 is 5.81. The van der Waals surface area contributed by atoms with E-state index < -0.39 is 18.4 Å².